The Labute approximate surface area is 132 Å². The van der Waals surface area contributed by atoms with E-state index in [-0.39, 0.29) is 0 Å². The van der Waals surface area contributed by atoms with Crippen molar-refractivity contribution >= 4 is 0 Å². The number of hydrogen-bond acceptors (Lipinski definition) is 3. The summed E-state index contributed by atoms with van der Waals surface area (Å²) in [7, 11) is 0. The van der Waals surface area contributed by atoms with Gasteiger partial charge in [-0.2, -0.15) is 0 Å². The molecule has 0 bridgehead atoms. The molecule has 1 saturated carbocycles. The highest BCUT2D eigenvalue weighted by molar-refractivity contribution is 5.22. The molecule has 22 heavy (non-hydrogen) atoms. The summed E-state index contributed by atoms with van der Waals surface area (Å²) < 4.78 is 0. The maximum absolute atomic E-state index is 4.92. The van der Waals surface area contributed by atoms with E-state index in [4.69, 9.17) is 9.97 Å². The summed E-state index contributed by atoms with van der Waals surface area (Å²) in [5.41, 5.74) is 3.89. The van der Waals surface area contributed by atoms with Crippen LogP contribution in [-0.2, 0) is 19.5 Å². The maximum atomic E-state index is 4.92. The third kappa shape index (κ3) is 2.93. The van der Waals surface area contributed by atoms with Gasteiger partial charge in [-0.1, -0.05) is 19.3 Å². The molecule has 2 aromatic heterocycles. The molecule has 0 aromatic carbocycles. The second kappa shape index (κ2) is 6.21. The van der Waals surface area contributed by atoms with Gasteiger partial charge in [-0.05, 0) is 25.0 Å². The van der Waals surface area contributed by atoms with Gasteiger partial charge in [0.25, 0.3) is 0 Å². The molecule has 1 N–H and O–H groups in total. The average molecular weight is 296 g/mol. The van der Waals surface area contributed by atoms with Crippen molar-refractivity contribution in [2.75, 3.05) is 6.54 Å². The fourth-order valence-corrected chi connectivity index (χ4v) is 3.79. The summed E-state index contributed by atoms with van der Waals surface area (Å²) in [6.07, 6.45) is 11.8. The van der Waals surface area contributed by atoms with Crippen molar-refractivity contribution < 1.29 is 0 Å². The lowest BCUT2D eigenvalue weighted by Gasteiger charge is -2.28. The van der Waals surface area contributed by atoms with Gasteiger partial charge >= 0.3 is 0 Å². The van der Waals surface area contributed by atoms with Crippen molar-refractivity contribution in [1.29, 1.82) is 0 Å². The van der Waals surface area contributed by atoms with Crippen LogP contribution in [0.1, 0.15) is 60.8 Å². The van der Waals surface area contributed by atoms with E-state index >= 15 is 0 Å². The van der Waals surface area contributed by atoms with Gasteiger partial charge in [0.1, 0.15) is 5.82 Å². The minimum absolute atomic E-state index is 0.607. The minimum atomic E-state index is 0.607. The van der Waals surface area contributed by atoms with Crippen LogP contribution in [0.15, 0.2) is 24.5 Å². The van der Waals surface area contributed by atoms with E-state index in [1.807, 2.05) is 6.20 Å². The van der Waals surface area contributed by atoms with Crippen LogP contribution in [0.3, 0.4) is 0 Å². The van der Waals surface area contributed by atoms with Gasteiger partial charge in [-0.15, -0.1) is 0 Å². The van der Waals surface area contributed by atoms with Crippen molar-refractivity contribution in [2.45, 2.75) is 57.5 Å². The Morgan fingerprint density at radius 2 is 2.14 bits per heavy atom. The lowest BCUT2D eigenvalue weighted by molar-refractivity contribution is 0.240. The average Bonchev–Trinajstić information content (AvgIpc) is 3.08. The molecule has 0 atom stereocenters. The van der Waals surface area contributed by atoms with Gasteiger partial charge in [0.05, 0.1) is 0 Å². The Morgan fingerprint density at radius 3 is 2.95 bits per heavy atom. The van der Waals surface area contributed by atoms with Crippen LogP contribution >= 0.6 is 0 Å². The highest BCUT2D eigenvalue weighted by Gasteiger charge is 2.22. The van der Waals surface area contributed by atoms with E-state index in [0.717, 1.165) is 31.9 Å². The summed E-state index contributed by atoms with van der Waals surface area (Å²) in [6.45, 7) is 3.04. The number of rotatable bonds is 3. The Morgan fingerprint density at radius 1 is 1.23 bits per heavy atom. The largest absolute Gasteiger partial charge is 0.364 e. The SMILES string of the molecule is c1c[nH]c(CN2CCc3nc(C4CCCCC4)ncc3C2)c1. The first-order valence-corrected chi connectivity index (χ1v) is 8.58. The Hall–Kier alpha value is -1.68. The molecule has 116 valence electrons. The number of fused-ring (bicyclic) bond motifs is 1. The molecule has 2 aliphatic rings. The molecule has 3 heterocycles. The van der Waals surface area contributed by atoms with E-state index in [0.29, 0.717) is 5.92 Å². The van der Waals surface area contributed by atoms with Crippen molar-refractivity contribution in [3.05, 3.63) is 47.3 Å². The van der Waals surface area contributed by atoms with Crippen LogP contribution in [0, 0.1) is 0 Å². The number of nitrogens with one attached hydrogen (secondary N) is 1. The molecule has 0 radical (unpaired) electrons. The number of H-pyrrole nitrogens is 1. The molecule has 1 aliphatic heterocycles. The van der Waals surface area contributed by atoms with E-state index in [1.165, 1.54) is 49.1 Å². The van der Waals surface area contributed by atoms with Gasteiger partial charge < -0.3 is 4.98 Å². The van der Waals surface area contributed by atoms with E-state index in [2.05, 4.69) is 28.2 Å². The highest BCUT2D eigenvalue weighted by Crippen LogP contribution is 2.31. The molecule has 4 rings (SSSR count). The zero-order valence-electron chi connectivity index (χ0n) is 13.1. The second-order valence-corrected chi connectivity index (χ2v) is 6.69. The fraction of sp³-hybridized carbons (Fsp3) is 0.556. The smallest absolute Gasteiger partial charge is 0.131 e. The number of aromatic nitrogens is 3. The lowest BCUT2D eigenvalue weighted by Crippen LogP contribution is -2.31. The molecule has 2 aromatic rings. The van der Waals surface area contributed by atoms with Crippen LogP contribution in [0.25, 0.3) is 0 Å². The third-order valence-electron chi connectivity index (χ3n) is 5.06. The van der Waals surface area contributed by atoms with Gasteiger partial charge in [0.15, 0.2) is 0 Å². The van der Waals surface area contributed by atoms with Crippen LogP contribution < -0.4 is 0 Å². The maximum Gasteiger partial charge on any atom is 0.131 e. The molecular formula is C18H24N4. The van der Waals surface area contributed by atoms with Crippen LogP contribution in [-0.4, -0.2) is 26.4 Å². The van der Waals surface area contributed by atoms with E-state index in [1.54, 1.807) is 0 Å². The molecule has 4 nitrogen and oxygen atoms in total. The molecular weight excluding hydrogens is 272 g/mol. The van der Waals surface area contributed by atoms with E-state index in [9.17, 15) is 0 Å². The van der Waals surface area contributed by atoms with Crippen LogP contribution in [0.4, 0.5) is 0 Å². The standard InChI is InChI=1S/C18H24N4/c1-2-5-14(6-3-1)18-20-11-15-12-22(10-8-17(15)21-18)13-16-7-4-9-19-16/h4,7,9,11,14,19H,1-3,5-6,8,10,12-13H2. The topological polar surface area (TPSA) is 44.8 Å². The minimum Gasteiger partial charge on any atom is -0.364 e. The Balaban J connectivity index is 1.46. The van der Waals surface area contributed by atoms with Crippen LogP contribution in [0.2, 0.25) is 0 Å². The van der Waals surface area contributed by atoms with Crippen molar-refractivity contribution in [2.24, 2.45) is 0 Å². The first-order chi connectivity index (χ1) is 10.9. The van der Waals surface area contributed by atoms with Crippen LogP contribution in [0.5, 0.6) is 0 Å². The van der Waals surface area contributed by atoms with Gasteiger partial charge in [0.2, 0.25) is 0 Å². The zero-order valence-corrected chi connectivity index (χ0v) is 13.1. The zero-order chi connectivity index (χ0) is 14.8. The summed E-state index contributed by atoms with van der Waals surface area (Å²) >= 11 is 0. The highest BCUT2D eigenvalue weighted by atomic mass is 15.1. The second-order valence-electron chi connectivity index (χ2n) is 6.69. The van der Waals surface area contributed by atoms with Crippen molar-refractivity contribution in [3.8, 4) is 0 Å². The summed E-state index contributed by atoms with van der Waals surface area (Å²) in [4.78, 5) is 15.4. The van der Waals surface area contributed by atoms with E-state index < -0.39 is 0 Å². The molecule has 1 fully saturated rings. The molecule has 0 amide bonds. The first-order valence-electron chi connectivity index (χ1n) is 8.58. The van der Waals surface area contributed by atoms with Crippen molar-refractivity contribution in [1.82, 2.24) is 19.9 Å². The van der Waals surface area contributed by atoms with Crippen molar-refractivity contribution in [3.63, 3.8) is 0 Å². The summed E-state index contributed by atoms with van der Waals surface area (Å²) in [5.74, 6) is 1.72. The number of nitrogens with zero attached hydrogens (tertiary/aromatic N) is 3. The molecule has 0 unspecified atom stereocenters. The third-order valence-corrected chi connectivity index (χ3v) is 5.06. The Kier molecular flexibility index (Phi) is 3.94. The summed E-state index contributed by atoms with van der Waals surface area (Å²) in [5, 5.41) is 0. The monoisotopic (exact) mass is 296 g/mol. The van der Waals surface area contributed by atoms with Gasteiger partial charge in [-0.25, -0.2) is 9.97 Å². The molecule has 4 heteroatoms. The molecule has 0 spiro atoms. The quantitative estimate of drug-likeness (QED) is 0.944. The fourth-order valence-electron chi connectivity index (χ4n) is 3.79. The predicted molar refractivity (Wildman–Crippen MR) is 86.5 cm³/mol. The summed E-state index contributed by atoms with van der Waals surface area (Å²) in [6, 6.07) is 4.21. The van der Waals surface area contributed by atoms with Gasteiger partial charge in [-0.3, -0.25) is 4.90 Å². The lowest BCUT2D eigenvalue weighted by atomic mass is 9.88. The number of aromatic amines is 1. The predicted octanol–water partition coefficient (Wildman–Crippen LogP) is 3.41. The normalized spacial score (nSPS) is 20.0. The first kappa shape index (κ1) is 13.9. The Bertz CT molecular complexity index is 614. The molecule has 1 aliphatic carbocycles. The molecule has 0 saturated heterocycles. The number of hydrogen-bond donors (Lipinski definition) is 1. The van der Waals surface area contributed by atoms with Gasteiger partial charge in [0, 0.05) is 61.3 Å².